The maximum Gasteiger partial charge on any atom is 0.255 e. The van der Waals surface area contributed by atoms with Gasteiger partial charge in [-0.15, -0.1) is 0 Å². The van der Waals surface area contributed by atoms with Gasteiger partial charge in [0.05, 0.1) is 25.5 Å². The molecule has 0 unspecified atom stereocenters. The predicted octanol–water partition coefficient (Wildman–Crippen LogP) is 4.07. The number of pyridine rings is 1. The van der Waals surface area contributed by atoms with Gasteiger partial charge >= 0.3 is 0 Å². The van der Waals surface area contributed by atoms with Crippen molar-refractivity contribution in [1.29, 1.82) is 0 Å². The van der Waals surface area contributed by atoms with E-state index in [0.717, 1.165) is 16.8 Å². The predicted molar refractivity (Wildman–Crippen MR) is 135 cm³/mol. The Labute approximate surface area is 207 Å². The number of carbonyl (C=O) groups excluding carboxylic acids is 1. The molecule has 0 saturated carbocycles. The summed E-state index contributed by atoms with van der Waals surface area (Å²) in [5.41, 5.74) is 3.44. The highest BCUT2D eigenvalue weighted by Crippen LogP contribution is 2.33. The second-order valence-electron chi connectivity index (χ2n) is 7.90. The fourth-order valence-corrected chi connectivity index (χ4v) is 3.83. The van der Waals surface area contributed by atoms with Crippen LogP contribution in [0.4, 0.5) is 0 Å². The minimum Gasteiger partial charge on any atom is -0.493 e. The molecule has 3 heterocycles. The van der Waals surface area contributed by atoms with E-state index in [2.05, 4.69) is 15.4 Å². The first-order valence-electron chi connectivity index (χ1n) is 11.3. The standard InChI is InChI=1S/C27H24N6O3/c1-35-23-10-9-20(16-24(23)36-2)26-22(18-33(31-26)21-7-4-3-5-8-21)27(34)29-17-19-11-13-28-25(15-19)32-14-6-12-30-32/h3-16,18H,17H2,1-2H3,(H,29,34). The highest BCUT2D eigenvalue weighted by molar-refractivity contribution is 6.00. The van der Waals surface area contributed by atoms with Crippen molar-refractivity contribution >= 4 is 5.91 Å². The van der Waals surface area contributed by atoms with Crippen molar-refractivity contribution in [1.82, 2.24) is 29.9 Å². The zero-order valence-corrected chi connectivity index (χ0v) is 19.8. The van der Waals surface area contributed by atoms with Crippen LogP contribution in [-0.2, 0) is 6.54 Å². The van der Waals surface area contributed by atoms with Crippen LogP contribution in [0.5, 0.6) is 11.5 Å². The second-order valence-corrected chi connectivity index (χ2v) is 7.90. The highest BCUT2D eigenvalue weighted by Gasteiger charge is 2.20. The second kappa shape index (κ2) is 10.1. The number of benzene rings is 2. The Kier molecular flexibility index (Phi) is 6.44. The topological polar surface area (TPSA) is 96.1 Å². The number of para-hydroxylation sites is 1. The molecule has 0 aliphatic carbocycles. The fraction of sp³-hybridized carbons (Fsp3) is 0.111. The zero-order valence-electron chi connectivity index (χ0n) is 19.8. The van der Waals surface area contributed by atoms with Crippen LogP contribution < -0.4 is 14.8 Å². The van der Waals surface area contributed by atoms with Gasteiger partial charge in [-0.1, -0.05) is 18.2 Å². The molecule has 9 heteroatoms. The molecule has 5 aromatic rings. The molecule has 1 N–H and O–H groups in total. The van der Waals surface area contributed by atoms with Crippen LogP contribution in [0, 0.1) is 0 Å². The molecule has 0 aliphatic heterocycles. The molecule has 3 aromatic heterocycles. The smallest absolute Gasteiger partial charge is 0.255 e. The third-order valence-electron chi connectivity index (χ3n) is 5.64. The first-order valence-corrected chi connectivity index (χ1v) is 11.3. The lowest BCUT2D eigenvalue weighted by Crippen LogP contribution is -2.23. The molecule has 2 aromatic carbocycles. The zero-order chi connectivity index (χ0) is 24.9. The van der Waals surface area contributed by atoms with Gasteiger partial charge in [0.15, 0.2) is 17.3 Å². The Balaban J connectivity index is 1.46. The molecule has 0 saturated heterocycles. The Morgan fingerprint density at radius 1 is 0.917 bits per heavy atom. The van der Waals surface area contributed by atoms with E-state index in [4.69, 9.17) is 14.6 Å². The third-order valence-corrected chi connectivity index (χ3v) is 5.64. The van der Waals surface area contributed by atoms with E-state index in [0.29, 0.717) is 35.1 Å². The number of carbonyl (C=O) groups is 1. The maximum atomic E-state index is 13.4. The SMILES string of the molecule is COc1ccc(-c2nn(-c3ccccc3)cc2C(=O)NCc2ccnc(-n3cccn3)c2)cc1OC. The molecule has 180 valence electrons. The lowest BCUT2D eigenvalue weighted by atomic mass is 10.1. The number of methoxy groups -OCH3 is 2. The van der Waals surface area contributed by atoms with E-state index in [-0.39, 0.29) is 5.91 Å². The van der Waals surface area contributed by atoms with Gasteiger partial charge in [0.25, 0.3) is 5.91 Å². The van der Waals surface area contributed by atoms with Crippen LogP contribution >= 0.6 is 0 Å². The van der Waals surface area contributed by atoms with Crippen LogP contribution in [0.1, 0.15) is 15.9 Å². The number of nitrogens with one attached hydrogen (secondary N) is 1. The van der Waals surface area contributed by atoms with Gasteiger partial charge in [-0.05, 0) is 54.1 Å². The highest BCUT2D eigenvalue weighted by atomic mass is 16.5. The van der Waals surface area contributed by atoms with Crippen molar-refractivity contribution in [3.63, 3.8) is 0 Å². The first-order chi connectivity index (χ1) is 17.7. The Morgan fingerprint density at radius 3 is 2.50 bits per heavy atom. The summed E-state index contributed by atoms with van der Waals surface area (Å²) in [5, 5.41) is 12.0. The molecule has 0 spiro atoms. The van der Waals surface area contributed by atoms with Gasteiger partial charge in [0.1, 0.15) is 5.69 Å². The minimum atomic E-state index is -0.251. The largest absolute Gasteiger partial charge is 0.493 e. The average Bonchev–Trinajstić information content (AvgIpc) is 3.63. The van der Waals surface area contributed by atoms with E-state index in [9.17, 15) is 4.79 Å². The summed E-state index contributed by atoms with van der Waals surface area (Å²) in [5.74, 6) is 1.58. The molecule has 5 rings (SSSR count). The van der Waals surface area contributed by atoms with Crippen LogP contribution in [0.15, 0.2) is 91.5 Å². The van der Waals surface area contributed by atoms with Gasteiger partial charge in [0.2, 0.25) is 0 Å². The van der Waals surface area contributed by atoms with Crippen LogP contribution in [-0.4, -0.2) is 44.7 Å². The Hall–Kier alpha value is -4.92. The van der Waals surface area contributed by atoms with E-state index in [1.54, 1.807) is 48.2 Å². The number of hydrogen-bond donors (Lipinski definition) is 1. The van der Waals surface area contributed by atoms with E-state index < -0.39 is 0 Å². The Bertz CT molecular complexity index is 1480. The minimum absolute atomic E-state index is 0.251. The van der Waals surface area contributed by atoms with Crippen molar-refractivity contribution < 1.29 is 14.3 Å². The summed E-state index contributed by atoms with van der Waals surface area (Å²) in [6.45, 7) is 0.317. The van der Waals surface area contributed by atoms with Crippen molar-refractivity contribution in [3.8, 4) is 34.3 Å². The molecule has 0 fully saturated rings. The lowest BCUT2D eigenvalue weighted by molar-refractivity contribution is 0.0951. The average molecular weight is 481 g/mol. The number of hydrogen-bond acceptors (Lipinski definition) is 6. The number of nitrogens with zero attached hydrogens (tertiary/aromatic N) is 5. The molecule has 0 bridgehead atoms. The molecular weight excluding hydrogens is 456 g/mol. The molecule has 9 nitrogen and oxygen atoms in total. The van der Waals surface area contributed by atoms with Crippen molar-refractivity contribution in [2.45, 2.75) is 6.54 Å². The van der Waals surface area contributed by atoms with Crippen LogP contribution in [0.2, 0.25) is 0 Å². The molecule has 0 radical (unpaired) electrons. The molecule has 1 amide bonds. The summed E-state index contributed by atoms with van der Waals surface area (Å²) in [6.07, 6.45) is 6.94. The van der Waals surface area contributed by atoms with E-state index in [1.807, 2.05) is 66.9 Å². The summed E-state index contributed by atoms with van der Waals surface area (Å²) in [6, 6.07) is 20.7. The monoisotopic (exact) mass is 480 g/mol. The number of rotatable bonds is 8. The van der Waals surface area contributed by atoms with E-state index in [1.165, 1.54) is 0 Å². The van der Waals surface area contributed by atoms with Gasteiger partial charge < -0.3 is 14.8 Å². The number of aromatic nitrogens is 5. The lowest BCUT2D eigenvalue weighted by Gasteiger charge is -2.10. The van der Waals surface area contributed by atoms with Gasteiger partial charge in [-0.3, -0.25) is 4.79 Å². The normalized spacial score (nSPS) is 10.7. The summed E-state index contributed by atoms with van der Waals surface area (Å²) < 4.78 is 14.2. The van der Waals surface area contributed by atoms with Crippen molar-refractivity contribution in [2.24, 2.45) is 0 Å². The van der Waals surface area contributed by atoms with Crippen LogP contribution in [0.3, 0.4) is 0 Å². The molecule has 0 atom stereocenters. The van der Waals surface area contributed by atoms with E-state index >= 15 is 0 Å². The third kappa shape index (κ3) is 4.67. The molecule has 36 heavy (non-hydrogen) atoms. The number of ether oxygens (including phenoxy) is 2. The van der Waals surface area contributed by atoms with Gasteiger partial charge in [-0.25, -0.2) is 14.3 Å². The summed E-state index contributed by atoms with van der Waals surface area (Å²) in [4.78, 5) is 17.7. The molecular formula is C27H24N6O3. The first kappa shape index (κ1) is 22.9. The quantitative estimate of drug-likeness (QED) is 0.360. The summed E-state index contributed by atoms with van der Waals surface area (Å²) in [7, 11) is 3.15. The Morgan fingerprint density at radius 2 is 1.75 bits per heavy atom. The maximum absolute atomic E-state index is 13.4. The fourth-order valence-electron chi connectivity index (χ4n) is 3.83. The van der Waals surface area contributed by atoms with Crippen molar-refractivity contribution in [3.05, 3.63) is 103 Å². The van der Waals surface area contributed by atoms with Crippen LogP contribution in [0.25, 0.3) is 22.8 Å². The van der Waals surface area contributed by atoms with Gasteiger partial charge in [-0.2, -0.15) is 10.2 Å². The van der Waals surface area contributed by atoms with Crippen molar-refractivity contribution in [2.75, 3.05) is 14.2 Å². The summed E-state index contributed by atoms with van der Waals surface area (Å²) >= 11 is 0. The number of amides is 1. The van der Waals surface area contributed by atoms with Gasteiger partial charge in [0, 0.05) is 36.9 Å². The molecule has 0 aliphatic rings.